The first-order valence-corrected chi connectivity index (χ1v) is 26.8. The Labute approximate surface area is 360 Å². The van der Waals surface area contributed by atoms with Gasteiger partial charge in [-0.05, 0) is 83.7 Å². The van der Waals surface area contributed by atoms with Gasteiger partial charge in [-0.15, -0.1) is 0 Å². The Morgan fingerprint density at radius 1 is 0.763 bits per heavy atom. The summed E-state index contributed by atoms with van der Waals surface area (Å²) in [6.45, 7) is 28.0. The standard InChI is InChI=1S/C52H74O5Si2/c1-41(35-42(2)38-55-59(51(6,7)8,45-29-20-14-21-30-45)46-31-22-15-23-32-46)36-47-48(57-58(10,11)50(3,4)5)37-49(54-40-44-27-18-13-19-28-44)52(9,56-47)33-24-34-53-39-43-25-16-12-17-26-43/h12-23,25-32,36,42,47-49H,24,33-35,37-40H2,1-11H3/b41-36+/t42-,47-,48+,49-,52+/m1/s1. The molecule has 0 radical (unpaired) electrons. The fourth-order valence-electron chi connectivity index (χ4n) is 8.38. The van der Waals surface area contributed by atoms with Gasteiger partial charge in [0.15, 0.2) is 8.32 Å². The van der Waals surface area contributed by atoms with E-state index in [2.05, 4.69) is 197 Å². The van der Waals surface area contributed by atoms with Crippen molar-refractivity contribution in [2.24, 2.45) is 5.92 Å². The Morgan fingerprint density at radius 2 is 1.27 bits per heavy atom. The zero-order chi connectivity index (χ0) is 42.7. The molecule has 0 spiro atoms. The van der Waals surface area contributed by atoms with Gasteiger partial charge in [-0.2, -0.15) is 0 Å². The van der Waals surface area contributed by atoms with E-state index in [0.717, 1.165) is 31.2 Å². The third-order valence-corrected chi connectivity index (χ3v) is 22.1. The molecule has 0 unspecified atom stereocenters. The van der Waals surface area contributed by atoms with Gasteiger partial charge in [-0.1, -0.05) is 181 Å². The highest BCUT2D eigenvalue weighted by Crippen LogP contribution is 2.43. The van der Waals surface area contributed by atoms with Crippen LogP contribution in [0.5, 0.6) is 0 Å². The predicted octanol–water partition coefficient (Wildman–Crippen LogP) is 12.1. The molecule has 0 saturated carbocycles. The van der Waals surface area contributed by atoms with Crippen LogP contribution < -0.4 is 10.4 Å². The molecule has 0 aliphatic carbocycles. The van der Waals surface area contributed by atoms with Crippen LogP contribution in [-0.2, 0) is 36.3 Å². The van der Waals surface area contributed by atoms with Crippen LogP contribution in [0.25, 0.3) is 0 Å². The summed E-state index contributed by atoms with van der Waals surface area (Å²) in [5.41, 5.74) is 3.12. The Hall–Kier alpha value is -3.15. The third kappa shape index (κ3) is 12.5. The Morgan fingerprint density at radius 3 is 1.78 bits per heavy atom. The van der Waals surface area contributed by atoms with Gasteiger partial charge in [0, 0.05) is 19.6 Å². The lowest BCUT2D eigenvalue weighted by Gasteiger charge is -2.50. The molecule has 320 valence electrons. The van der Waals surface area contributed by atoms with Gasteiger partial charge in [0.1, 0.15) is 6.10 Å². The normalized spacial score (nSPS) is 21.3. The van der Waals surface area contributed by atoms with Crippen molar-refractivity contribution in [3.63, 3.8) is 0 Å². The molecule has 0 amide bonds. The van der Waals surface area contributed by atoms with Crippen molar-refractivity contribution in [3.8, 4) is 0 Å². The van der Waals surface area contributed by atoms with Gasteiger partial charge < -0.3 is 23.1 Å². The van der Waals surface area contributed by atoms with Gasteiger partial charge >= 0.3 is 0 Å². The smallest absolute Gasteiger partial charge is 0.261 e. The number of allylic oxidation sites excluding steroid dienone is 1. The summed E-state index contributed by atoms with van der Waals surface area (Å²) in [5.74, 6) is 0.298. The molecule has 59 heavy (non-hydrogen) atoms. The maximum Gasteiger partial charge on any atom is 0.261 e. The molecular formula is C52H74O5Si2. The van der Waals surface area contributed by atoms with Gasteiger partial charge in [0.05, 0.1) is 31.0 Å². The Balaban J connectivity index is 1.38. The summed E-state index contributed by atoms with van der Waals surface area (Å²) in [5, 5.41) is 2.61. The molecule has 1 saturated heterocycles. The molecule has 1 aliphatic heterocycles. The minimum absolute atomic E-state index is 0.0559. The third-order valence-electron chi connectivity index (χ3n) is 12.6. The van der Waals surface area contributed by atoms with Gasteiger partial charge in [-0.3, -0.25) is 0 Å². The molecule has 1 fully saturated rings. The molecule has 0 N–H and O–H groups in total. The maximum atomic E-state index is 7.38. The highest BCUT2D eigenvalue weighted by atomic mass is 28.4. The van der Waals surface area contributed by atoms with E-state index in [1.54, 1.807) is 0 Å². The van der Waals surface area contributed by atoms with Crippen molar-refractivity contribution in [1.29, 1.82) is 0 Å². The lowest BCUT2D eigenvalue weighted by atomic mass is 9.84. The summed E-state index contributed by atoms with van der Waals surface area (Å²) in [7, 11) is -4.81. The molecule has 5 rings (SSSR count). The van der Waals surface area contributed by atoms with Gasteiger partial charge in [-0.25, -0.2) is 0 Å². The van der Waals surface area contributed by atoms with Crippen LogP contribution in [0, 0.1) is 5.92 Å². The van der Waals surface area contributed by atoms with Crippen molar-refractivity contribution in [3.05, 3.63) is 144 Å². The lowest BCUT2D eigenvalue weighted by Crippen LogP contribution is -2.66. The first-order chi connectivity index (χ1) is 27.9. The second-order valence-electron chi connectivity index (χ2n) is 19.8. The molecule has 4 aromatic carbocycles. The number of hydrogen-bond donors (Lipinski definition) is 0. The summed E-state index contributed by atoms with van der Waals surface area (Å²) in [4.78, 5) is 0. The monoisotopic (exact) mass is 835 g/mol. The predicted molar refractivity (Wildman–Crippen MR) is 251 cm³/mol. The lowest BCUT2D eigenvalue weighted by molar-refractivity contribution is -0.223. The fourth-order valence-corrected chi connectivity index (χ4v) is 14.4. The molecular weight excluding hydrogens is 761 g/mol. The maximum absolute atomic E-state index is 7.38. The van der Waals surface area contributed by atoms with E-state index in [0.29, 0.717) is 32.3 Å². The fraction of sp³-hybridized carbons (Fsp3) is 0.500. The summed E-state index contributed by atoms with van der Waals surface area (Å²) in [6.07, 6.45) is 5.25. The highest BCUT2D eigenvalue weighted by Gasteiger charge is 2.51. The van der Waals surface area contributed by atoms with E-state index >= 15 is 0 Å². The van der Waals surface area contributed by atoms with E-state index in [4.69, 9.17) is 23.1 Å². The second kappa shape index (κ2) is 20.6. The minimum Gasteiger partial charge on any atom is -0.411 e. The van der Waals surface area contributed by atoms with E-state index in [1.165, 1.54) is 21.5 Å². The quantitative estimate of drug-likeness (QED) is 0.0535. The van der Waals surface area contributed by atoms with Crippen LogP contribution in [-0.4, -0.2) is 53.8 Å². The Bertz CT molecular complexity index is 1810. The highest BCUT2D eigenvalue weighted by molar-refractivity contribution is 6.99. The van der Waals surface area contributed by atoms with E-state index in [9.17, 15) is 0 Å². The minimum atomic E-state index is -2.64. The number of hydrogen-bond acceptors (Lipinski definition) is 5. The van der Waals surface area contributed by atoms with E-state index in [-0.39, 0.29) is 28.4 Å². The van der Waals surface area contributed by atoms with Gasteiger partial charge in [0.25, 0.3) is 8.32 Å². The van der Waals surface area contributed by atoms with Gasteiger partial charge in [0.2, 0.25) is 0 Å². The van der Waals surface area contributed by atoms with Crippen molar-refractivity contribution >= 4 is 27.0 Å². The summed E-state index contributed by atoms with van der Waals surface area (Å²) in [6, 6.07) is 42.8. The average Bonchev–Trinajstić information content (AvgIpc) is 3.19. The second-order valence-corrected chi connectivity index (χ2v) is 28.8. The molecule has 4 aromatic rings. The largest absolute Gasteiger partial charge is 0.411 e. The van der Waals surface area contributed by atoms with Crippen LogP contribution in [0.15, 0.2) is 133 Å². The summed E-state index contributed by atoms with van der Waals surface area (Å²) >= 11 is 0. The average molecular weight is 835 g/mol. The SMILES string of the molecule is C/C(=C\[C@H]1O[C@@](C)(CCCOCc2ccccc2)[C@H](OCc2ccccc2)C[C@@H]1O[Si](C)(C)C(C)(C)C)C[C@@H](C)CO[Si](c1ccccc1)(c1ccccc1)C(C)(C)C. The van der Waals surface area contributed by atoms with Crippen LogP contribution >= 0.6 is 0 Å². The molecule has 0 aromatic heterocycles. The molecule has 5 atom stereocenters. The molecule has 0 bridgehead atoms. The summed E-state index contributed by atoms with van der Waals surface area (Å²) < 4.78 is 35.1. The molecule has 7 heteroatoms. The Kier molecular flexibility index (Phi) is 16.4. The van der Waals surface area contributed by atoms with Crippen molar-refractivity contribution in [2.45, 2.75) is 148 Å². The first kappa shape index (κ1) is 46.9. The molecule has 1 heterocycles. The topological polar surface area (TPSA) is 46.2 Å². The van der Waals surface area contributed by atoms with Crippen molar-refractivity contribution in [1.82, 2.24) is 0 Å². The van der Waals surface area contributed by atoms with Crippen LogP contribution in [0.1, 0.15) is 99.1 Å². The van der Waals surface area contributed by atoms with Crippen molar-refractivity contribution < 1.29 is 23.1 Å². The van der Waals surface area contributed by atoms with Crippen LogP contribution in [0.4, 0.5) is 0 Å². The first-order valence-electron chi connectivity index (χ1n) is 22.0. The van der Waals surface area contributed by atoms with E-state index < -0.39 is 22.2 Å². The zero-order valence-electron chi connectivity index (χ0n) is 38.1. The zero-order valence-corrected chi connectivity index (χ0v) is 40.1. The molecule has 1 aliphatic rings. The molecule has 5 nitrogen and oxygen atoms in total. The number of rotatable bonds is 19. The van der Waals surface area contributed by atoms with Crippen molar-refractivity contribution in [2.75, 3.05) is 13.2 Å². The number of ether oxygens (including phenoxy) is 3. The van der Waals surface area contributed by atoms with Crippen LogP contribution in [0.3, 0.4) is 0 Å². The van der Waals surface area contributed by atoms with E-state index in [1.807, 2.05) is 6.07 Å². The van der Waals surface area contributed by atoms with Crippen LogP contribution in [0.2, 0.25) is 23.2 Å². The number of benzene rings is 4.